The molecular formula is C19H26N4OS. The van der Waals surface area contributed by atoms with Crippen LogP contribution in [-0.4, -0.2) is 58.6 Å². The molecule has 3 rings (SSSR count). The van der Waals surface area contributed by atoms with Gasteiger partial charge in [0.1, 0.15) is 11.2 Å². The number of nitrogens with zero attached hydrogens (tertiary/aromatic N) is 3. The lowest BCUT2D eigenvalue weighted by Crippen LogP contribution is -2.41. The average molecular weight is 359 g/mol. The summed E-state index contributed by atoms with van der Waals surface area (Å²) >= 11 is 1.67. The topological polar surface area (TPSA) is 52.2 Å². The zero-order valence-electron chi connectivity index (χ0n) is 15.3. The lowest BCUT2D eigenvalue weighted by atomic mass is 9.92. The predicted molar refractivity (Wildman–Crippen MR) is 103 cm³/mol. The van der Waals surface area contributed by atoms with E-state index in [1.807, 2.05) is 41.4 Å². The monoisotopic (exact) mass is 358 g/mol. The first-order chi connectivity index (χ1) is 11.9. The second-order valence-electron chi connectivity index (χ2n) is 7.64. The maximum atomic E-state index is 12.5. The minimum Gasteiger partial charge on any atom is -0.339 e. The van der Waals surface area contributed by atoms with E-state index in [0.29, 0.717) is 5.75 Å². The van der Waals surface area contributed by atoms with Gasteiger partial charge < -0.3 is 14.8 Å². The quantitative estimate of drug-likeness (QED) is 0.861. The molecule has 0 radical (unpaired) electrons. The van der Waals surface area contributed by atoms with E-state index in [-0.39, 0.29) is 16.7 Å². The summed E-state index contributed by atoms with van der Waals surface area (Å²) in [5.41, 5.74) is 2.09. The molecule has 1 aromatic heterocycles. The van der Waals surface area contributed by atoms with Gasteiger partial charge >= 0.3 is 0 Å². The lowest BCUT2D eigenvalue weighted by Gasteiger charge is -2.34. The molecule has 1 N–H and O–H groups in total. The van der Waals surface area contributed by atoms with Crippen molar-refractivity contribution in [1.82, 2.24) is 19.8 Å². The van der Waals surface area contributed by atoms with Gasteiger partial charge in [-0.05, 0) is 19.5 Å². The molecule has 0 bridgehead atoms. The Morgan fingerprint density at radius 2 is 2.04 bits per heavy atom. The average Bonchev–Trinajstić information content (AvgIpc) is 3.15. The Hall–Kier alpha value is -1.79. The molecule has 1 atom stereocenters. The summed E-state index contributed by atoms with van der Waals surface area (Å²) in [5.74, 6) is 1.59. The van der Waals surface area contributed by atoms with Gasteiger partial charge in [0.25, 0.3) is 0 Å². The molecule has 1 aliphatic rings. The molecule has 1 amide bonds. The second-order valence-corrected chi connectivity index (χ2v) is 8.71. The van der Waals surface area contributed by atoms with Crippen molar-refractivity contribution in [3.05, 3.63) is 42.2 Å². The number of thioether (sulfide) groups is 1. The number of carbonyl (C=O) groups is 1. The first kappa shape index (κ1) is 18.0. The number of H-pyrrole nitrogens is 1. The van der Waals surface area contributed by atoms with Crippen molar-refractivity contribution in [3.8, 4) is 11.4 Å². The Bertz CT molecular complexity index is 726. The van der Waals surface area contributed by atoms with Crippen molar-refractivity contribution in [3.63, 3.8) is 0 Å². The fraction of sp³-hybridized carbons (Fsp3) is 0.474. The van der Waals surface area contributed by atoms with Crippen LogP contribution in [0.5, 0.6) is 0 Å². The van der Waals surface area contributed by atoms with Crippen LogP contribution in [0.15, 0.2) is 36.5 Å². The van der Waals surface area contributed by atoms with Crippen LogP contribution in [0.4, 0.5) is 0 Å². The number of amides is 1. The van der Waals surface area contributed by atoms with E-state index in [0.717, 1.165) is 30.2 Å². The molecule has 134 valence electrons. The highest BCUT2D eigenvalue weighted by atomic mass is 32.2. The molecule has 5 nitrogen and oxygen atoms in total. The summed E-state index contributed by atoms with van der Waals surface area (Å²) < 4.78 is 0. The Labute approximate surface area is 153 Å². The minimum atomic E-state index is 0.0129. The van der Waals surface area contributed by atoms with Gasteiger partial charge in [-0.25, -0.2) is 4.98 Å². The SMILES string of the molecule is CN(C)CC(C)(C)CN1C(=O)CSC1c1cnc(-c2ccccc2)[nH]1. The number of benzene rings is 1. The highest BCUT2D eigenvalue weighted by Gasteiger charge is 2.37. The molecule has 0 aliphatic carbocycles. The molecule has 6 heteroatoms. The van der Waals surface area contributed by atoms with Gasteiger partial charge in [-0.15, -0.1) is 11.8 Å². The molecule has 1 unspecified atom stereocenters. The van der Waals surface area contributed by atoms with Gasteiger partial charge in [0.2, 0.25) is 5.91 Å². The molecular weight excluding hydrogens is 332 g/mol. The number of rotatable bonds is 6. The third kappa shape index (κ3) is 4.25. The van der Waals surface area contributed by atoms with Crippen LogP contribution < -0.4 is 0 Å². The lowest BCUT2D eigenvalue weighted by molar-refractivity contribution is -0.129. The van der Waals surface area contributed by atoms with Gasteiger partial charge in [0.05, 0.1) is 17.6 Å². The van der Waals surface area contributed by atoms with E-state index in [4.69, 9.17) is 0 Å². The number of aromatic nitrogens is 2. The van der Waals surface area contributed by atoms with E-state index >= 15 is 0 Å². The summed E-state index contributed by atoms with van der Waals surface area (Å²) in [6, 6.07) is 10.1. The van der Waals surface area contributed by atoms with E-state index in [2.05, 4.69) is 42.8 Å². The highest BCUT2D eigenvalue weighted by Crippen LogP contribution is 2.40. The van der Waals surface area contributed by atoms with E-state index in [9.17, 15) is 4.79 Å². The van der Waals surface area contributed by atoms with Crippen molar-refractivity contribution in [2.24, 2.45) is 5.41 Å². The molecule has 0 saturated carbocycles. The third-order valence-corrected chi connectivity index (χ3v) is 5.46. The largest absolute Gasteiger partial charge is 0.339 e. The Morgan fingerprint density at radius 3 is 2.72 bits per heavy atom. The van der Waals surface area contributed by atoms with Crippen LogP contribution in [-0.2, 0) is 4.79 Å². The van der Waals surface area contributed by atoms with Crippen molar-refractivity contribution >= 4 is 17.7 Å². The minimum absolute atomic E-state index is 0.0129. The Morgan fingerprint density at radius 1 is 1.32 bits per heavy atom. The zero-order valence-corrected chi connectivity index (χ0v) is 16.1. The fourth-order valence-corrected chi connectivity index (χ4v) is 4.59. The molecule has 1 saturated heterocycles. The maximum absolute atomic E-state index is 12.5. The summed E-state index contributed by atoms with van der Waals surface area (Å²) in [5, 5.41) is 0.0129. The summed E-state index contributed by atoms with van der Waals surface area (Å²) in [6.45, 7) is 6.10. The Kier molecular flexibility index (Phi) is 5.20. The van der Waals surface area contributed by atoms with Crippen LogP contribution in [0.3, 0.4) is 0 Å². The normalized spacial score (nSPS) is 18.4. The maximum Gasteiger partial charge on any atom is 0.233 e. The number of hydrogen-bond acceptors (Lipinski definition) is 4. The first-order valence-electron chi connectivity index (χ1n) is 8.52. The van der Waals surface area contributed by atoms with Crippen LogP contribution in [0, 0.1) is 5.41 Å². The number of carbonyl (C=O) groups excluding carboxylic acids is 1. The smallest absolute Gasteiger partial charge is 0.233 e. The molecule has 1 aromatic carbocycles. The van der Waals surface area contributed by atoms with Gasteiger partial charge in [-0.2, -0.15) is 0 Å². The summed E-state index contributed by atoms with van der Waals surface area (Å²) in [4.78, 5) is 24.6. The van der Waals surface area contributed by atoms with Crippen molar-refractivity contribution in [1.29, 1.82) is 0 Å². The molecule has 25 heavy (non-hydrogen) atoms. The van der Waals surface area contributed by atoms with E-state index in [1.54, 1.807) is 11.8 Å². The summed E-state index contributed by atoms with van der Waals surface area (Å²) in [6.07, 6.45) is 1.87. The van der Waals surface area contributed by atoms with Gasteiger partial charge in [-0.3, -0.25) is 4.79 Å². The molecule has 1 fully saturated rings. The molecule has 1 aliphatic heterocycles. The number of aromatic amines is 1. The van der Waals surface area contributed by atoms with Crippen LogP contribution in [0.1, 0.15) is 24.9 Å². The standard InChI is InChI=1S/C19H26N4OS/c1-19(2,12-22(3)4)13-23-16(24)11-25-18(23)15-10-20-17(21-15)14-8-6-5-7-9-14/h5-10,18H,11-13H2,1-4H3,(H,20,21). The fourth-order valence-electron chi connectivity index (χ4n) is 3.45. The molecule has 2 aromatic rings. The van der Waals surface area contributed by atoms with Crippen LogP contribution >= 0.6 is 11.8 Å². The van der Waals surface area contributed by atoms with Crippen molar-refractivity contribution < 1.29 is 4.79 Å². The zero-order chi connectivity index (χ0) is 18.0. The van der Waals surface area contributed by atoms with E-state index < -0.39 is 0 Å². The van der Waals surface area contributed by atoms with Gasteiger partial charge in [0, 0.05) is 18.7 Å². The second kappa shape index (κ2) is 7.22. The first-order valence-corrected chi connectivity index (χ1v) is 9.57. The number of nitrogens with one attached hydrogen (secondary N) is 1. The van der Waals surface area contributed by atoms with Crippen LogP contribution in [0.2, 0.25) is 0 Å². The molecule has 0 spiro atoms. The van der Waals surface area contributed by atoms with Crippen molar-refractivity contribution in [2.75, 3.05) is 32.9 Å². The number of imidazole rings is 1. The molecule has 2 heterocycles. The summed E-state index contributed by atoms with van der Waals surface area (Å²) in [7, 11) is 4.14. The van der Waals surface area contributed by atoms with Gasteiger partial charge in [0.15, 0.2) is 0 Å². The Balaban J connectivity index is 1.79. The highest BCUT2D eigenvalue weighted by molar-refractivity contribution is 8.00. The van der Waals surface area contributed by atoms with E-state index in [1.165, 1.54) is 0 Å². The van der Waals surface area contributed by atoms with Crippen LogP contribution in [0.25, 0.3) is 11.4 Å². The van der Waals surface area contributed by atoms with Crippen molar-refractivity contribution in [2.45, 2.75) is 19.2 Å². The third-order valence-electron chi connectivity index (χ3n) is 4.22. The van der Waals surface area contributed by atoms with Gasteiger partial charge in [-0.1, -0.05) is 44.2 Å². The predicted octanol–water partition coefficient (Wildman–Crippen LogP) is 3.24. The number of hydrogen-bond donors (Lipinski definition) is 1.